The van der Waals surface area contributed by atoms with E-state index in [-0.39, 0.29) is 0 Å². The zero-order chi connectivity index (χ0) is 27.8. The molecule has 0 aromatic rings. The van der Waals surface area contributed by atoms with E-state index in [1.807, 2.05) is 0 Å². The van der Waals surface area contributed by atoms with Gasteiger partial charge in [0, 0.05) is 0 Å². The fourth-order valence-electron chi connectivity index (χ4n) is 2.47. The predicted octanol–water partition coefficient (Wildman–Crippen LogP) is 6.41. The molecule has 34 heavy (non-hydrogen) atoms. The van der Waals surface area contributed by atoms with E-state index in [4.69, 9.17) is 0 Å². The first-order chi connectivity index (χ1) is 14.5. The van der Waals surface area contributed by atoms with Gasteiger partial charge in [-0.3, -0.25) is 0 Å². The maximum atomic E-state index is 14.7. The molecule has 0 spiro atoms. The van der Waals surface area contributed by atoms with Gasteiger partial charge in [0.1, 0.15) is 6.26 Å². The molecule has 0 radical (unpaired) electrons. The first kappa shape index (κ1) is 30.2. The highest BCUT2D eigenvalue weighted by atomic mass is 19.4. The highest BCUT2D eigenvalue weighted by molar-refractivity contribution is 5.32. The number of halogens is 19. The van der Waals surface area contributed by atoms with Gasteiger partial charge in [0.05, 0.1) is 0 Å². The van der Waals surface area contributed by atoms with Gasteiger partial charge in [-0.1, -0.05) is 6.58 Å². The Hall–Kier alpha value is -1.87. The Kier molecular flexibility index (Phi) is 6.49. The predicted molar refractivity (Wildman–Crippen MR) is 61.8 cm³/mol. The molecule has 1 fully saturated rings. The van der Waals surface area contributed by atoms with Crippen molar-refractivity contribution in [2.45, 2.75) is 59.5 Å². The second kappa shape index (κ2) is 7.32. The van der Waals surface area contributed by atoms with Gasteiger partial charge in [-0.25, -0.2) is 13.5 Å². The van der Waals surface area contributed by atoms with E-state index in [1.54, 1.807) is 0 Å². The Morgan fingerprint density at radius 1 is 0.559 bits per heavy atom. The minimum atomic E-state index is -9.05. The lowest BCUT2D eigenvalue weighted by molar-refractivity contribution is -0.575. The molecule has 1 aliphatic rings. The third kappa shape index (κ3) is 3.15. The molecule has 1 unspecified atom stereocenters. The Labute approximate surface area is 171 Å². The molecule has 1 rings (SSSR count). The van der Waals surface area contributed by atoms with Crippen LogP contribution in [-0.4, -0.2) is 59.5 Å². The van der Waals surface area contributed by atoms with Crippen LogP contribution in [0.5, 0.6) is 0 Å². The van der Waals surface area contributed by atoms with Crippen LogP contribution in [0.2, 0.25) is 0 Å². The van der Waals surface area contributed by atoms with Gasteiger partial charge < -0.3 is 4.89 Å². The maximum Gasteiger partial charge on any atom is 0.525 e. The molecule has 202 valence electrons. The number of hydrogen-bond acceptors (Lipinski definition) is 3. The second-order valence-corrected chi connectivity index (χ2v) is 6.11. The van der Waals surface area contributed by atoms with Crippen molar-refractivity contribution in [2.75, 3.05) is 0 Å². The second-order valence-electron chi connectivity index (χ2n) is 6.11. The number of hydrogen-bond donors (Lipinski definition) is 0. The van der Waals surface area contributed by atoms with Crippen LogP contribution in [0.4, 0.5) is 83.4 Å². The number of alkyl halides is 19. The third-order valence-electron chi connectivity index (χ3n) is 4.13. The van der Waals surface area contributed by atoms with Gasteiger partial charge in [0.15, 0.2) is 0 Å². The van der Waals surface area contributed by atoms with Gasteiger partial charge in [-0.15, -0.1) is 18.1 Å². The fourth-order valence-corrected chi connectivity index (χ4v) is 2.47. The van der Waals surface area contributed by atoms with Gasteiger partial charge in [0.25, 0.3) is 0 Å². The molecular weight excluding hydrogens is 553 g/mol. The van der Waals surface area contributed by atoms with Crippen LogP contribution >= 0.6 is 0 Å². The van der Waals surface area contributed by atoms with Crippen LogP contribution in [0.3, 0.4) is 0 Å². The molecule has 0 bridgehead atoms. The molecule has 0 heterocycles. The van der Waals surface area contributed by atoms with E-state index in [0.29, 0.717) is 0 Å². The van der Waals surface area contributed by atoms with Crippen LogP contribution in [0.1, 0.15) is 0 Å². The lowest BCUT2D eigenvalue weighted by atomic mass is 9.67. The molecule has 1 aliphatic carbocycles. The van der Waals surface area contributed by atoms with Crippen molar-refractivity contribution in [3.63, 3.8) is 0 Å². The molecule has 0 N–H and O–H groups in total. The monoisotopic (exact) mass is 556 g/mol. The zero-order valence-electron chi connectivity index (χ0n) is 14.7. The summed E-state index contributed by atoms with van der Waals surface area (Å²) >= 11 is 0. The SMILES string of the molecule is C=COOC(F)(F)C(F)(F)C(F)(OC(F)(F)F)C1(F)C(F)(F)C(F)(F)C(F)(F)C(F)(F)C1(F)F. The molecule has 0 aliphatic heterocycles. The first-order valence-corrected chi connectivity index (χ1v) is 7.26. The van der Waals surface area contributed by atoms with E-state index < -0.39 is 65.8 Å². The number of rotatable bonds is 7. The molecule has 3 nitrogen and oxygen atoms in total. The smallest absolute Gasteiger partial charge is 0.340 e. The lowest BCUT2D eigenvalue weighted by Gasteiger charge is -2.56. The van der Waals surface area contributed by atoms with Crippen molar-refractivity contribution >= 4 is 0 Å². The summed E-state index contributed by atoms with van der Waals surface area (Å²) in [6, 6.07) is 0. The molecule has 0 aromatic carbocycles. The van der Waals surface area contributed by atoms with Crippen molar-refractivity contribution < 1.29 is 97.9 Å². The molecule has 0 aromatic heterocycles. The van der Waals surface area contributed by atoms with Crippen molar-refractivity contribution in [2.24, 2.45) is 0 Å². The lowest BCUT2D eigenvalue weighted by Crippen LogP contribution is -2.90. The highest BCUT2D eigenvalue weighted by Crippen LogP contribution is 2.74. The van der Waals surface area contributed by atoms with Crippen LogP contribution in [0.25, 0.3) is 0 Å². The summed E-state index contributed by atoms with van der Waals surface area (Å²) in [5, 5.41) is 0. The maximum absolute atomic E-state index is 14.7. The standard InChI is InChI=1S/C12H3F19O3/c1-2-32-34-11(27,28)9(24,25)10(26,33-12(29,30)31)3(13)4(14,15)6(18,19)8(22,23)7(20,21)5(3,16)17/h2H,1H2. The van der Waals surface area contributed by atoms with E-state index in [1.165, 1.54) is 4.74 Å². The van der Waals surface area contributed by atoms with Crippen molar-refractivity contribution in [1.82, 2.24) is 0 Å². The quantitative estimate of drug-likeness (QED) is 0.157. The molecule has 0 saturated heterocycles. The Morgan fingerprint density at radius 3 is 1.18 bits per heavy atom. The average molecular weight is 556 g/mol. The zero-order valence-corrected chi connectivity index (χ0v) is 14.7. The van der Waals surface area contributed by atoms with Crippen molar-refractivity contribution in [3.05, 3.63) is 12.8 Å². The van der Waals surface area contributed by atoms with Gasteiger partial charge in [-0.05, 0) is 0 Å². The molecular formula is C12H3F19O3. The van der Waals surface area contributed by atoms with E-state index in [0.717, 1.165) is 0 Å². The molecule has 22 heteroatoms. The van der Waals surface area contributed by atoms with Crippen LogP contribution in [0.15, 0.2) is 12.8 Å². The van der Waals surface area contributed by atoms with E-state index in [9.17, 15) is 83.4 Å². The van der Waals surface area contributed by atoms with Crippen LogP contribution in [0, 0.1) is 0 Å². The van der Waals surface area contributed by atoms with Crippen molar-refractivity contribution in [1.29, 1.82) is 0 Å². The third-order valence-corrected chi connectivity index (χ3v) is 4.13. The summed E-state index contributed by atoms with van der Waals surface area (Å²) in [5.74, 6) is -59.9. The van der Waals surface area contributed by atoms with Gasteiger partial charge in [0.2, 0.25) is 0 Å². The Morgan fingerprint density at radius 2 is 0.882 bits per heavy atom. The summed E-state index contributed by atoms with van der Waals surface area (Å²) in [5.41, 5.74) is -9.05. The van der Waals surface area contributed by atoms with E-state index in [2.05, 4.69) is 16.4 Å². The fraction of sp³-hybridized carbons (Fsp3) is 0.833. The minimum Gasteiger partial charge on any atom is -0.340 e. The van der Waals surface area contributed by atoms with Gasteiger partial charge >= 0.3 is 59.5 Å². The topological polar surface area (TPSA) is 27.7 Å². The largest absolute Gasteiger partial charge is 0.525 e. The summed E-state index contributed by atoms with van der Waals surface area (Å²) < 4.78 is 257. The Balaban J connectivity index is 4.29. The molecule has 1 atom stereocenters. The van der Waals surface area contributed by atoms with E-state index >= 15 is 0 Å². The molecule has 1 saturated carbocycles. The minimum absolute atomic E-state index is 0.535. The highest BCUT2D eigenvalue weighted by Gasteiger charge is 3.08. The van der Waals surface area contributed by atoms with Crippen LogP contribution < -0.4 is 0 Å². The number of ether oxygens (including phenoxy) is 1. The average Bonchev–Trinajstić information content (AvgIpc) is 2.62. The summed E-state index contributed by atoms with van der Waals surface area (Å²) in [4.78, 5) is 4.92. The summed E-state index contributed by atoms with van der Waals surface area (Å²) in [7, 11) is 0. The van der Waals surface area contributed by atoms with Crippen molar-refractivity contribution in [3.8, 4) is 0 Å². The summed E-state index contributed by atoms with van der Waals surface area (Å²) in [6.45, 7) is 2.24. The Bertz CT molecular complexity index is 771. The van der Waals surface area contributed by atoms with Gasteiger partial charge in [-0.2, -0.15) is 61.5 Å². The van der Waals surface area contributed by atoms with Crippen LogP contribution in [-0.2, 0) is 14.5 Å². The molecule has 0 amide bonds. The summed E-state index contributed by atoms with van der Waals surface area (Å²) in [6.07, 6.45) is -15.6. The first-order valence-electron chi connectivity index (χ1n) is 7.26. The normalized spacial score (nSPS) is 26.9.